The maximum atomic E-state index is 13.5. The number of pyridine rings is 1. The molecule has 2 aliphatic rings. The molecule has 1 aromatic heterocycles. The second-order valence-corrected chi connectivity index (χ2v) is 7.11. The summed E-state index contributed by atoms with van der Waals surface area (Å²) < 4.78 is 0. The molecule has 4 nitrogen and oxygen atoms in total. The van der Waals surface area contributed by atoms with Gasteiger partial charge in [0, 0.05) is 24.5 Å². The van der Waals surface area contributed by atoms with Gasteiger partial charge >= 0.3 is 0 Å². The van der Waals surface area contributed by atoms with Crippen molar-refractivity contribution >= 4 is 23.0 Å². The number of hydrogen-bond donors (Lipinski definition) is 0. The molecule has 2 atom stereocenters. The minimum atomic E-state index is -0.530. The van der Waals surface area contributed by atoms with Crippen molar-refractivity contribution in [3.05, 3.63) is 84.7 Å². The van der Waals surface area contributed by atoms with E-state index in [9.17, 15) is 4.79 Å². The minimum Gasteiger partial charge on any atom is -0.348 e. The number of aromatic nitrogens is 1. The fourth-order valence-electron chi connectivity index (χ4n) is 4.31. The Hall–Kier alpha value is -3.14. The first kappa shape index (κ1) is 15.1. The van der Waals surface area contributed by atoms with Crippen LogP contribution in [-0.2, 0) is 4.79 Å². The standard InChI is InChI=1S/C22H19N3O/c1-22-15-20(16-11-13-23-14-12-16)25(22)19-10-6-5-9-18(19)24(21(22)26)17-7-3-2-4-8-17/h2-14,20H,15H2,1H3. The molecule has 0 saturated carbocycles. The molecule has 1 amide bonds. The van der Waals surface area contributed by atoms with Crippen LogP contribution in [0.2, 0.25) is 0 Å². The highest BCUT2D eigenvalue weighted by Crippen LogP contribution is 2.56. The molecule has 5 rings (SSSR count). The third-order valence-corrected chi connectivity index (χ3v) is 5.59. The van der Waals surface area contributed by atoms with Crippen LogP contribution < -0.4 is 9.80 Å². The van der Waals surface area contributed by atoms with Crippen molar-refractivity contribution in [1.29, 1.82) is 0 Å². The molecule has 0 spiro atoms. The zero-order valence-electron chi connectivity index (χ0n) is 14.5. The average molecular weight is 341 g/mol. The van der Waals surface area contributed by atoms with Crippen LogP contribution in [0.5, 0.6) is 0 Å². The highest BCUT2D eigenvalue weighted by molar-refractivity contribution is 6.14. The number of para-hydroxylation sites is 3. The van der Waals surface area contributed by atoms with E-state index < -0.39 is 5.54 Å². The summed E-state index contributed by atoms with van der Waals surface area (Å²) >= 11 is 0. The normalized spacial score (nSPS) is 23.9. The number of anilines is 3. The third-order valence-electron chi connectivity index (χ3n) is 5.59. The van der Waals surface area contributed by atoms with Gasteiger partial charge in [-0.2, -0.15) is 0 Å². The molecule has 2 aromatic carbocycles. The van der Waals surface area contributed by atoms with E-state index in [0.29, 0.717) is 0 Å². The second kappa shape index (κ2) is 5.43. The Balaban J connectivity index is 1.66. The molecular weight excluding hydrogens is 322 g/mol. The van der Waals surface area contributed by atoms with Crippen LogP contribution in [0.3, 0.4) is 0 Å². The van der Waals surface area contributed by atoms with E-state index in [4.69, 9.17) is 0 Å². The van der Waals surface area contributed by atoms with Gasteiger partial charge < -0.3 is 4.90 Å². The maximum Gasteiger partial charge on any atom is 0.257 e. The van der Waals surface area contributed by atoms with E-state index >= 15 is 0 Å². The van der Waals surface area contributed by atoms with Crippen molar-refractivity contribution in [3.8, 4) is 0 Å². The molecule has 3 heterocycles. The van der Waals surface area contributed by atoms with Gasteiger partial charge in [0.25, 0.3) is 5.91 Å². The fourth-order valence-corrected chi connectivity index (χ4v) is 4.31. The number of nitrogens with zero attached hydrogens (tertiary/aromatic N) is 3. The summed E-state index contributed by atoms with van der Waals surface area (Å²) in [6.07, 6.45) is 4.44. The van der Waals surface area contributed by atoms with Gasteiger partial charge in [0.15, 0.2) is 0 Å². The molecule has 3 aromatic rings. The van der Waals surface area contributed by atoms with Crippen molar-refractivity contribution in [2.75, 3.05) is 9.80 Å². The highest BCUT2D eigenvalue weighted by Gasteiger charge is 2.59. The third kappa shape index (κ3) is 1.96. The molecule has 2 aliphatic heterocycles. The van der Waals surface area contributed by atoms with Crippen molar-refractivity contribution in [3.63, 3.8) is 0 Å². The minimum absolute atomic E-state index is 0.132. The first-order valence-electron chi connectivity index (χ1n) is 8.88. The van der Waals surface area contributed by atoms with Gasteiger partial charge in [0.2, 0.25) is 0 Å². The lowest BCUT2D eigenvalue weighted by Crippen LogP contribution is -2.69. The lowest BCUT2D eigenvalue weighted by atomic mass is 9.73. The summed E-state index contributed by atoms with van der Waals surface area (Å²) in [6, 6.07) is 22.4. The van der Waals surface area contributed by atoms with Crippen LogP contribution in [0, 0.1) is 0 Å². The van der Waals surface area contributed by atoms with Gasteiger partial charge in [-0.15, -0.1) is 0 Å². The zero-order chi connectivity index (χ0) is 17.7. The van der Waals surface area contributed by atoms with Gasteiger partial charge in [-0.3, -0.25) is 14.7 Å². The Morgan fingerprint density at radius 3 is 2.31 bits per heavy atom. The molecule has 0 bridgehead atoms. The lowest BCUT2D eigenvalue weighted by Gasteiger charge is -2.61. The molecule has 0 N–H and O–H groups in total. The van der Waals surface area contributed by atoms with E-state index in [0.717, 1.165) is 23.5 Å². The van der Waals surface area contributed by atoms with Crippen molar-refractivity contribution in [1.82, 2.24) is 4.98 Å². The Bertz CT molecular complexity index is 973. The quantitative estimate of drug-likeness (QED) is 0.690. The first-order chi connectivity index (χ1) is 12.7. The van der Waals surface area contributed by atoms with Crippen LogP contribution in [0.25, 0.3) is 0 Å². The molecule has 2 unspecified atom stereocenters. The summed E-state index contributed by atoms with van der Waals surface area (Å²) in [7, 11) is 0. The molecule has 4 heteroatoms. The Labute approximate surface area is 152 Å². The summed E-state index contributed by atoms with van der Waals surface area (Å²) in [5.74, 6) is 0.132. The maximum absolute atomic E-state index is 13.5. The van der Waals surface area contributed by atoms with Gasteiger partial charge in [-0.25, -0.2) is 0 Å². The Morgan fingerprint density at radius 2 is 1.58 bits per heavy atom. The fraction of sp³-hybridized carbons (Fsp3) is 0.182. The molecule has 0 radical (unpaired) electrons. The SMILES string of the molecule is CC12CC(c3ccncc3)N1c1ccccc1N(c1ccccc1)C2=O. The van der Waals surface area contributed by atoms with Crippen LogP contribution in [0.15, 0.2) is 79.1 Å². The van der Waals surface area contributed by atoms with E-state index in [-0.39, 0.29) is 11.9 Å². The Kier molecular flexibility index (Phi) is 3.16. The molecule has 0 aliphatic carbocycles. The topological polar surface area (TPSA) is 36.4 Å². The average Bonchev–Trinajstić information content (AvgIpc) is 2.68. The second-order valence-electron chi connectivity index (χ2n) is 7.11. The predicted molar refractivity (Wildman–Crippen MR) is 103 cm³/mol. The van der Waals surface area contributed by atoms with Crippen molar-refractivity contribution < 1.29 is 4.79 Å². The number of hydrogen-bond acceptors (Lipinski definition) is 3. The lowest BCUT2D eigenvalue weighted by molar-refractivity contribution is -0.126. The largest absolute Gasteiger partial charge is 0.348 e. The van der Waals surface area contributed by atoms with E-state index in [1.165, 1.54) is 5.56 Å². The molecule has 128 valence electrons. The summed E-state index contributed by atoms with van der Waals surface area (Å²) in [6.45, 7) is 2.05. The van der Waals surface area contributed by atoms with Crippen LogP contribution in [0.1, 0.15) is 24.9 Å². The Morgan fingerprint density at radius 1 is 0.923 bits per heavy atom. The van der Waals surface area contributed by atoms with Crippen LogP contribution >= 0.6 is 0 Å². The summed E-state index contributed by atoms with van der Waals surface area (Å²) in [4.78, 5) is 21.8. The number of benzene rings is 2. The monoisotopic (exact) mass is 341 g/mol. The van der Waals surface area contributed by atoms with Crippen molar-refractivity contribution in [2.45, 2.75) is 24.9 Å². The van der Waals surface area contributed by atoms with Gasteiger partial charge in [-0.05, 0) is 48.9 Å². The number of carbonyl (C=O) groups excluding carboxylic acids is 1. The van der Waals surface area contributed by atoms with Crippen LogP contribution in [-0.4, -0.2) is 16.4 Å². The molecule has 1 fully saturated rings. The molecular formula is C22H19N3O. The molecule has 26 heavy (non-hydrogen) atoms. The van der Waals surface area contributed by atoms with E-state index in [2.05, 4.69) is 22.9 Å². The number of amides is 1. The predicted octanol–water partition coefficient (Wildman–Crippen LogP) is 4.47. The van der Waals surface area contributed by atoms with Crippen molar-refractivity contribution in [2.24, 2.45) is 0 Å². The summed E-state index contributed by atoms with van der Waals surface area (Å²) in [5.41, 5.74) is 3.64. The van der Waals surface area contributed by atoms with Gasteiger partial charge in [0.05, 0.1) is 17.4 Å². The number of rotatable bonds is 2. The first-order valence-corrected chi connectivity index (χ1v) is 8.88. The van der Waals surface area contributed by atoms with Gasteiger partial charge in [-0.1, -0.05) is 30.3 Å². The van der Waals surface area contributed by atoms with E-state index in [1.807, 2.05) is 78.0 Å². The summed E-state index contributed by atoms with van der Waals surface area (Å²) in [5, 5.41) is 0. The smallest absolute Gasteiger partial charge is 0.257 e. The highest BCUT2D eigenvalue weighted by atomic mass is 16.2. The number of fused-ring (bicyclic) bond motifs is 3. The van der Waals surface area contributed by atoms with Gasteiger partial charge in [0.1, 0.15) is 5.54 Å². The zero-order valence-corrected chi connectivity index (χ0v) is 14.5. The molecule has 1 saturated heterocycles. The van der Waals surface area contributed by atoms with E-state index in [1.54, 1.807) is 0 Å². The van der Waals surface area contributed by atoms with Crippen LogP contribution in [0.4, 0.5) is 17.1 Å². The number of carbonyl (C=O) groups is 1.